The van der Waals surface area contributed by atoms with Gasteiger partial charge in [-0.2, -0.15) is 10.2 Å². The first-order valence-corrected chi connectivity index (χ1v) is 9.98. The average molecular weight is 405 g/mol. The Labute approximate surface area is 174 Å². The lowest BCUT2D eigenvalue weighted by atomic mass is 9.98. The van der Waals surface area contributed by atoms with E-state index in [1.54, 1.807) is 18.6 Å². The molecule has 0 N–H and O–H groups in total. The highest BCUT2D eigenvalue weighted by molar-refractivity contribution is 5.82. The maximum absolute atomic E-state index is 13.9. The third-order valence-electron chi connectivity index (χ3n) is 5.31. The Bertz CT molecular complexity index is 1120. The van der Waals surface area contributed by atoms with Crippen molar-refractivity contribution < 1.29 is 9.18 Å². The number of aromatic nitrogens is 3. The maximum Gasteiger partial charge on any atom is 0.246 e. The molecule has 0 saturated heterocycles. The van der Waals surface area contributed by atoms with Crippen LogP contribution < -0.4 is 0 Å². The van der Waals surface area contributed by atoms with Crippen LogP contribution in [-0.4, -0.2) is 31.9 Å². The second-order valence-electron chi connectivity index (χ2n) is 7.86. The van der Waals surface area contributed by atoms with Gasteiger partial charge in [0.1, 0.15) is 11.3 Å². The minimum atomic E-state index is -0.301. The summed E-state index contributed by atoms with van der Waals surface area (Å²) in [6.45, 7) is 8.38. The molecule has 4 rings (SSSR count). The van der Waals surface area contributed by atoms with Crippen molar-refractivity contribution in [3.8, 4) is 0 Å². The van der Waals surface area contributed by atoms with Gasteiger partial charge in [-0.15, -0.1) is 0 Å². The van der Waals surface area contributed by atoms with Crippen molar-refractivity contribution in [1.29, 1.82) is 0 Å². The van der Waals surface area contributed by atoms with E-state index in [0.717, 1.165) is 27.7 Å². The number of amides is 1. The van der Waals surface area contributed by atoms with E-state index < -0.39 is 0 Å². The van der Waals surface area contributed by atoms with Crippen molar-refractivity contribution in [2.75, 3.05) is 0 Å². The average Bonchev–Trinajstić information content (AvgIpc) is 3.34. The highest BCUT2D eigenvalue weighted by Gasteiger charge is 2.31. The number of hydrazone groups is 1. The van der Waals surface area contributed by atoms with Crippen LogP contribution in [-0.2, 0) is 11.3 Å². The summed E-state index contributed by atoms with van der Waals surface area (Å²) >= 11 is 0. The van der Waals surface area contributed by atoms with Gasteiger partial charge in [0, 0.05) is 24.8 Å². The number of halogens is 1. The third-order valence-corrected chi connectivity index (χ3v) is 5.31. The second kappa shape index (κ2) is 8.18. The fraction of sp³-hybridized carbons (Fsp3) is 0.304. The van der Waals surface area contributed by atoms with Crippen LogP contribution in [0.4, 0.5) is 4.39 Å². The minimum absolute atomic E-state index is 0.0937. The second-order valence-corrected chi connectivity index (χ2v) is 7.86. The van der Waals surface area contributed by atoms with Crippen LogP contribution >= 0.6 is 0 Å². The predicted octanol–water partition coefficient (Wildman–Crippen LogP) is 4.42. The number of carbonyl (C=O) groups excluding carboxylic acids is 1. The number of fused-ring (bicyclic) bond motifs is 1. The largest absolute Gasteiger partial charge is 0.273 e. The Hall–Kier alpha value is -3.35. The Balaban J connectivity index is 1.43. The Morgan fingerprint density at radius 1 is 1.37 bits per heavy atom. The lowest BCUT2D eigenvalue weighted by molar-refractivity contribution is -0.136. The molecule has 3 heterocycles. The molecule has 0 saturated carbocycles. The summed E-state index contributed by atoms with van der Waals surface area (Å²) in [6.07, 6.45) is 6.27. The molecular formula is C23H24FN5O. The molecule has 0 bridgehead atoms. The zero-order chi connectivity index (χ0) is 21.3. The number of allylic oxidation sites excluding steroid dienone is 1. The van der Waals surface area contributed by atoms with Crippen LogP contribution in [0.5, 0.6) is 0 Å². The number of aryl methyl sites for hydroxylation is 1. The monoisotopic (exact) mass is 405 g/mol. The van der Waals surface area contributed by atoms with E-state index in [4.69, 9.17) is 0 Å². The first-order chi connectivity index (χ1) is 14.4. The minimum Gasteiger partial charge on any atom is -0.273 e. The normalized spacial score (nSPS) is 16.9. The Morgan fingerprint density at radius 2 is 2.20 bits per heavy atom. The molecule has 6 nitrogen and oxygen atoms in total. The van der Waals surface area contributed by atoms with E-state index in [-0.39, 0.29) is 23.7 Å². The standard InChI is InChI=1S/C23H24FN5O/c1-15-10-18(12-19(24)11-15)21-6-8-26-29(21)23(30)17(3)9-16(2)14-28-22-5-4-7-25-20(22)13-27-28/h4-5,7-8,10-13,17,21H,2,6,9,14H2,1,3H3. The van der Waals surface area contributed by atoms with Crippen molar-refractivity contribution in [3.05, 3.63) is 71.8 Å². The summed E-state index contributed by atoms with van der Waals surface area (Å²) in [7, 11) is 0. The molecule has 2 aromatic heterocycles. The van der Waals surface area contributed by atoms with Gasteiger partial charge in [-0.25, -0.2) is 9.40 Å². The third kappa shape index (κ3) is 4.01. The smallest absolute Gasteiger partial charge is 0.246 e. The molecule has 1 aliphatic rings. The highest BCUT2D eigenvalue weighted by Crippen LogP contribution is 2.31. The van der Waals surface area contributed by atoms with Gasteiger partial charge in [0.2, 0.25) is 5.91 Å². The lowest BCUT2D eigenvalue weighted by Crippen LogP contribution is -2.32. The molecule has 0 fully saturated rings. The number of carbonyl (C=O) groups is 1. The van der Waals surface area contributed by atoms with Crippen molar-refractivity contribution in [1.82, 2.24) is 19.8 Å². The Kier molecular flexibility index (Phi) is 5.44. The fourth-order valence-corrected chi connectivity index (χ4v) is 3.92. The number of benzene rings is 1. The van der Waals surface area contributed by atoms with Gasteiger partial charge >= 0.3 is 0 Å². The van der Waals surface area contributed by atoms with Crippen LogP contribution in [0, 0.1) is 18.7 Å². The molecule has 30 heavy (non-hydrogen) atoms. The fourth-order valence-electron chi connectivity index (χ4n) is 3.92. The molecule has 0 radical (unpaired) electrons. The van der Waals surface area contributed by atoms with Crippen LogP contribution in [0.1, 0.15) is 36.9 Å². The highest BCUT2D eigenvalue weighted by atomic mass is 19.1. The predicted molar refractivity (Wildman–Crippen MR) is 114 cm³/mol. The zero-order valence-electron chi connectivity index (χ0n) is 17.1. The number of rotatable bonds is 6. The summed E-state index contributed by atoms with van der Waals surface area (Å²) in [5.74, 6) is -0.694. The molecule has 7 heteroatoms. The molecule has 3 aromatic rings. The number of nitrogens with zero attached hydrogens (tertiary/aromatic N) is 5. The van der Waals surface area contributed by atoms with Crippen molar-refractivity contribution in [2.24, 2.45) is 11.0 Å². The van der Waals surface area contributed by atoms with Crippen LogP contribution in [0.15, 0.2) is 60.0 Å². The summed E-state index contributed by atoms with van der Waals surface area (Å²) in [4.78, 5) is 17.4. The SMILES string of the molecule is C=C(CC(C)C(=O)N1N=CCC1c1cc(C)cc(F)c1)Cn1ncc2ncccc21. The molecule has 2 unspecified atom stereocenters. The maximum atomic E-state index is 13.9. The van der Waals surface area contributed by atoms with Crippen LogP contribution in [0.25, 0.3) is 11.0 Å². The topological polar surface area (TPSA) is 63.4 Å². The van der Waals surface area contributed by atoms with E-state index >= 15 is 0 Å². The van der Waals surface area contributed by atoms with Gasteiger partial charge in [-0.3, -0.25) is 14.5 Å². The summed E-state index contributed by atoms with van der Waals surface area (Å²) in [6, 6.07) is 8.42. The molecule has 1 amide bonds. The van der Waals surface area contributed by atoms with Gasteiger partial charge in [-0.1, -0.05) is 25.1 Å². The molecule has 1 aliphatic heterocycles. The zero-order valence-corrected chi connectivity index (χ0v) is 17.1. The van der Waals surface area contributed by atoms with E-state index in [9.17, 15) is 9.18 Å². The van der Waals surface area contributed by atoms with Gasteiger partial charge in [-0.05, 0) is 48.7 Å². The molecular weight excluding hydrogens is 381 g/mol. The van der Waals surface area contributed by atoms with Gasteiger partial charge in [0.05, 0.1) is 24.3 Å². The van der Waals surface area contributed by atoms with Crippen molar-refractivity contribution in [3.63, 3.8) is 0 Å². The molecule has 154 valence electrons. The summed E-state index contributed by atoms with van der Waals surface area (Å²) < 4.78 is 15.7. The van der Waals surface area contributed by atoms with Crippen LogP contribution in [0.3, 0.4) is 0 Å². The molecule has 1 aromatic carbocycles. The van der Waals surface area contributed by atoms with E-state index in [2.05, 4.69) is 21.8 Å². The van der Waals surface area contributed by atoms with Crippen molar-refractivity contribution in [2.45, 2.75) is 39.3 Å². The molecule has 0 aliphatic carbocycles. The molecule has 2 atom stereocenters. The first kappa shape index (κ1) is 19.9. The van der Waals surface area contributed by atoms with Crippen molar-refractivity contribution >= 4 is 23.2 Å². The molecule has 0 spiro atoms. The Morgan fingerprint density at radius 3 is 3.00 bits per heavy atom. The van der Waals surface area contributed by atoms with E-state index in [1.807, 2.05) is 36.7 Å². The van der Waals surface area contributed by atoms with Gasteiger partial charge in [0.15, 0.2) is 0 Å². The summed E-state index contributed by atoms with van der Waals surface area (Å²) in [5, 5.41) is 10.1. The number of hydrogen-bond acceptors (Lipinski definition) is 4. The van der Waals surface area contributed by atoms with Crippen LogP contribution in [0.2, 0.25) is 0 Å². The number of pyridine rings is 1. The first-order valence-electron chi connectivity index (χ1n) is 9.98. The number of hydrogen-bond donors (Lipinski definition) is 0. The van der Waals surface area contributed by atoms with E-state index in [0.29, 0.717) is 19.4 Å². The van der Waals surface area contributed by atoms with E-state index in [1.165, 1.54) is 17.1 Å². The lowest BCUT2D eigenvalue weighted by Gasteiger charge is -2.25. The summed E-state index contributed by atoms with van der Waals surface area (Å²) in [5.41, 5.74) is 4.25. The van der Waals surface area contributed by atoms with Gasteiger partial charge < -0.3 is 0 Å². The quantitative estimate of drug-likeness (QED) is 0.570. The van der Waals surface area contributed by atoms with Gasteiger partial charge in [0.25, 0.3) is 0 Å².